The second kappa shape index (κ2) is 7.84. The summed E-state index contributed by atoms with van der Waals surface area (Å²) in [4.78, 5) is 18.3. The number of hydrogen-bond donors (Lipinski definition) is 0. The van der Waals surface area contributed by atoms with Crippen LogP contribution in [0.25, 0.3) is 0 Å². The van der Waals surface area contributed by atoms with E-state index in [-0.39, 0.29) is 29.1 Å². The summed E-state index contributed by atoms with van der Waals surface area (Å²) in [6.45, 7) is 1.96. The van der Waals surface area contributed by atoms with Crippen LogP contribution in [0.5, 0.6) is 5.75 Å². The van der Waals surface area contributed by atoms with Gasteiger partial charge in [0, 0.05) is 26.1 Å². The Morgan fingerprint density at radius 1 is 1.52 bits per heavy atom. The monoisotopic (exact) mass is 368 g/mol. The topological polar surface area (TPSA) is 64.8 Å². The number of likely N-dealkylation sites (tertiary alicyclic amines) is 1. The largest absolute Gasteiger partial charge is 0.482 e. The van der Waals surface area contributed by atoms with Gasteiger partial charge in [-0.2, -0.15) is 0 Å². The molecule has 134 valence electrons. The van der Waals surface area contributed by atoms with Gasteiger partial charge in [-0.3, -0.25) is 4.79 Å². The Balaban J connectivity index is 1.58. The van der Waals surface area contributed by atoms with Gasteiger partial charge in [-0.25, -0.2) is 9.37 Å². The number of nitrogens with zero attached hydrogens (tertiary/aromatic N) is 2. The number of aromatic nitrogens is 1. The second-order valence-corrected chi connectivity index (χ2v) is 6.26. The summed E-state index contributed by atoms with van der Waals surface area (Å²) in [5, 5.41) is 0.157. The number of oxazole rings is 1. The first-order valence-electron chi connectivity index (χ1n) is 7.87. The SMILES string of the molecule is COC[C@H]1CCN(C(=O)c2coc(COc3ccc(F)cc3Cl)n2)C1. The van der Waals surface area contributed by atoms with Gasteiger partial charge in [-0.1, -0.05) is 11.6 Å². The average molecular weight is 369 g/mol. The lowest BCUT2D eigenvalue weighted by molar-refractivity contribution is 0.0769. The molecule has 0 aliphatic carbocycles. The molecule has 0 saturated carbocycles. The maximum atomic E-state index is 13.0. The van der Waals surface area contributed by atoms with Crippen molar-refractivity contribution in [3.05, 3.63) is 46.9 Å². The Kier molecular flexibility index (Phi) is 5.55. The Morgan fingerprint density at radius 2 is 2.36 bits per heavy atom. The molecule has 1 aromatic carbocycles. The molecule has 3 rings (SSSR count). The lowest BCUT2D eigenvalue weighted by atomic mass is 10.1. The van der Waals surface area contributed by atoms with Crippen LogP contribution in [0.15, 0.2) is 28.9 Å². The zero-order valence-corrected chi connectivity index (χ0v) is 14.5. The molecule has 6 nitrogen and oxygen atoms in total. The third-order valence-corrected chi connectivity index (χ3v) is 4.29. The van der Waals surface area contributed by atoms with Gasteiger partial charge in [-0.05, 0) is 24.6 Å². The first-order valence-corrected chi connectivity index (χ1v) is 8.25. The van der Waals surface area contributed by atoms with E-state index in [4.69, 9.17) is 25.5 Å². The van der Waals surface area contributed by atoms with Gasteiger partial charge < -0.3 is 18.8 Å². The van der Waals surface area contributed by atoms with E-state index in [1.165, 1.54) is 18.4 Å². The molecule has 0 N–H and O–H groups in total. The number of carbonyl (C=O) groups is 1. The fourth-order valence-corrected chi connectivity index (χ4v) is 2.98. The van der Waals surface area contributed by atoms with Gasteiger partial charge in [0.05, 0.1) is 11.6 Å². The molecule has 2 heterocycles. The maximum Gasteiger partial charge on any atom is 0.275 e. The van der Waals surface area contributed by atoms with Crippen molar-refractivity contribution >= 4 is 17.5 Å². The Bertz CT molecular complexity index is 752. The minimum absolute atomic E-state index is 0.00900. The molecule has 1 fully saturated rings. The average Bonchev–Trinajstić information content (AvgIpc) is 3.23. The van der Waals surface area contributed by atoms with Crippen LogP contribution in [-0.2, 0) is 11.3 Å². The van der Waals surface area contributed by atoms with Crippen molar-refractivity contribution in [1.29, 1.82) is 0 Å². The number of ether oxygens (including phenoxy) is 2. The third-order valence-electron chi connectivity index (χ3n) is 3.99. The van der Waals surface area contributed by atoms with Crippen LogP contribution in [0.4, 0.5) is 4.39 Å². The van der Waals surface area contributed by atoms with Crippen LogP contribution in [0.3, 0.4) is 0 Å². The molecule has 0 bridgehead atoms. The van der Waals surface area contributed by atoms with E-state index in [0.717, 1.165) is 12.5 Å². The van der Waals surface area contributed by atoms with Gasteiger partial charge in [-0.15, -0.1) is 0 Å². The lowest BCUT2D eigenvalue weighted by Crippen LogP contribution is -2.29. The standard InChI is InChI=1S/C17H18ClFN2O4/c1-23-8-11-4-5-21(7-11)17(22)14-9-25-16(20-14)10-24-15-3-2-12(19)6-13(15)18/h2-3,6,9,11H,4-5,7-8,10H2,1H3/t11-/m0/s1. The predicted octanol–water partition coefficient (Wildman–Crippen LogP) is 3.15. The molecule has 8 heteroatoms. The quantitative estimate of drug-likeness (QED) is 0.783. The van der Waals surface area contributed by atoms with E-state index in [1.54, 1.807) is 12.0 Å². The minimum atomic E-state index is -0.446. The molecule has 0 spiro atoms. The first-order chi connectivity index (χ1) is 12.1. The van der Waals surface area contributed by atoms with Crippen LogP contribution in [0.1, 0.15) is 22.8 Å². The molecule has 1 aliphatic heterocycles. The molecular formula is C17H18ClFN2O4. The summed E-state index contributed by atoms with van der Waals surface area (Å²) >= 11 is 5.89. The first kappa shape index (κ1) is 17.7. The van der Waals surface area contributed by atoms with E-state index in [1.807, 2.05) is 0 Å². The molecule has 1 aromatic heterocycles. The summed E-state index contributed by atoms with van der Waals surface area (Å²) in [7, 11) is 1.65. The van der Waals surface area contributed by atoms with Gasteiger partial charge in [0.1, 0.15) is 17.8 Å². The molecule has 25 heavy (non-hydrogen) atoms. The minimum Gasteiger partial charge on any atom is -0.482 e. The van der Waals surface area contributed by atoms with E-state index < -0.39 is 5.82 Å². The molecular weight excluding hydrogens is 351 g/mol. The number of methoxy groups -OCH3 is 1. The summed E-state index contributed by atoms with van der Waals surface area (Å²) in [5.74, 6) is 0.295. The van der Waals surface area contributed by atoms with Gasteiger partial charge in [0.2, 0.25) is 5.89 Å². The highest BCUT2D eigenvalue weighted by Gasteiger charge is 2.28. The zero-order valence-electron chi connectivity index (χ0n) is 13.7. The van der Waals surface area contributed by atoms with E-state index in [2.05, 4.69) is 4.98 Å². The third kappa shape index (κ3) is 4.29. The van der Waals surface area contributed by atoms with Crippen LogP contribution in [-0.4, -0.2) is 42.6 Å². The molecule has 1 atom stereocenters. The molecule has 1 amide bonds. The van der Waals surface area contributed by atoms with E-state index in [0.29, 0.717) is 31.4 Å². The van der Waals surface area contributed by atoms with Crippen molar-refractivity contribution in [3.63, 3.8) is 0 Å². The smallest absolute Gasteiger partial charge is 0.275 e. The molecule has 2 aromatic rings. The Labute approximate surface area is 149 Å². The molecule has 1 saturated heterocycles. The normalized spacial score (nSPS) is 17.1. The summed E-state index contributed by atoms with van der Waals surface area (Å²) in [5.41, 5.74) is 0.238. The maximum absolute atomic E-state index is 13.0. The molecule has 0 unspecified atom stereocenters. The van der Waals surface area contributed by atoms with Crippen LogP contribution < -0.4 is 4.74 Å². The molecule has 0 radical (unpaired) electrons. The van der Waals surface area contributed by atoms with Crippen molar-refractivity contribution in [2.75, 3.05) is 26.8 Å². The second-order valence-electron chi connectivity index (χ2n) is 5.85. The number of hydrogen-bond acceptors (Lipinski definition) is 5. The van der Waals surface area contributed by atoms with Crippen LogP contribution >= 0.6 is 11.6 Å². The van der Waals surface area contributed by atoms with E-state index >= 15 is 0 Å². The molecule has 1 aliphatic rings. The van der Waals surface area contributed by atoms with Crippen LogP contribution in [0, 0.1) is 11.7 Å². The summed E-state index contributed by atoms with van der Waals surface area (Å²) in [6.07, 6.45) is 2.23. The van der Waals surface area contributed by atoms with E-state index in [9.17, 15) is 9.18 Å². The van der Waals surface area contributed by atoms with Gasteiger partial charge in [0.25, 0.3) is 5.91 Å². The number of rotatable bonds is 6. The fourth-order valence-electron chi connectivity index (χ4n) is 2.76. The van der Waals surface area contributed by atoms with Gasteiger partial charge in [0.15, 0.2) is 12.3 Å². The van der Waals surface area contributed by atoms with Gasteiger partial charge >= 0.3 is 0 Å². The van der Waals surface area contributed by atoms with Crippen molar-refractivity contribution in [2.24, 2.45) is 5.92 Å². The van der Waals surface area contributed by atoms with Crippen molar-refractivity contribution in [3.8, 4) is 5.75 Å². The van der Waals surface area contributed by atoms with Crippen molar-refractivity contribution in [1.82, 2.24) is 9.88 Å². The number of carbonyl (C=O) groups excluding carboxylic acids is 1. The Morgan fingerprint density at radius 3 is 3.12 bits per heavy atom. The summed E-state index contributed by atoms with van der Waals surface area (Å²) in [6, 6.07) is 3.83. The predicted molar refractivity (Wildman–Crippen MR) is 88.1 cm³/mol. The summed E-state index contributed by atoms with van der Waals surface area (Å²) < 4.78 is 28.9. The highest BCUT2D eigenvalue weighted by Crippen LogP contribution is 2.26. The Hall–Kier alpha value is -2.12. The number of amides is 1. The lowest BCUT2D eigenvalue weighted by Gasteiger charge is -2.14. The highest BCUT2D eigenvalue weighted by molar-refractivity contribution is 6.32. The number of benzene rings is 1. The van der Waals surface area contributed by atoms with Crippen molar-refractivity contribution in [2.45, 2.75) is 13.0 Å². The van der Waals surface area contributed by atoms with Crippen LogP contribution in [0.2, 0.25) is 5.02 Å². The fraction of sp³-hybridized carbons (Fsp3) is 0.412. The highest BCUT2D eigenvalue weighted by atomic mass is 35.5. The number of halogens is 2. The van der Waals surface area contributed by atoms with Crippen molar-refractivity contribution < 1.29 is 23.1 Å². The zero-order chi connectivity index (χ0) is 17.8.